The zero-order valence-corrected chi connectivity index (χ0v) is 19.5. The lowest BCUT2D eigenvalue weighted by molar-refractivity contribution is 0.0132. The zero-order valence-electron chi connectivity index (χ0n) is 17.9. The van der Waals surface area contributed by atoms with E-state index in [1.807, 2.05) is 30.5 Å². The fourth-order valence-electron chi connectivity index (χ4n) is 3.99. The Bertz CT molecular complexity index is 1100. The van der Waals surface area contributed by atoms with Crippen molar-refractivity contribution in [1.82, 2.24) is 15.3 Å². The Kier molecular flexibility index (Phi) is 7.49. The maximum Gasteiger partial charge on any atom is 0.407 e. The van der Waals surface area contributed by atoms with E-state index in [4.69, 9.17) is 16.3 Å². The first-order valence-corrected chi connectivity index (χ1v) is 12.1. The van der Waals surface area contributed by atoms with E-state index < -0.39 is 18.3 Å². The number of thioether (sulfide) groups is 1. The van der Waals surface area contributed by atoms with Gasteiger partial charge in [-0.15, -0.1) is 0 Å². The van der Waals surface area contributed by atoms with Crippen molar-refractivity contribution in [2.24, 2.45) is 0 Å². The second kappa shape index (κ2) is 10.5. The minimum atomic E-state index is -1.27. The molecule has 0 radical (unpaired) electrons. The van der Waals surface area contributed by atoms with Crippen molar-refractivity contribution in [3.63, 3.8) is 0 Å². The molecule has 2 unspecified atom stereocenters. The summed E-state index contributed by atoms with van der Waals surface area (Å²) in [6.07, 6.45) is 0.313. The van der Waals surface area contributed by atoms with Crippen molar-refractivity contribution in [3.05, 3.63) is 76.6 Å². The summed E-state index contributed by atoms with van der Waals surface area (Å²) in [5, 5.41) is 23.8. The van der Waals surface area contributed by atoms with E-state index in [9.17, 15) is 15.0 Å². The van der Waals surface area contributed by atoms with Crippen LogP contribution in [0.15, 0.2) is 59.9 Å². The van der Waals surface area contributed by atoms with E-state index in [1.54, 1.807) is 0 Å². The van der Waals surface area contributed by atoms with E-state index in [2.05, 4.69) is 39.6 Å². The number of halogens is 1. The van der Waals surface area contributed by atoms with Crippen molar-refractivity contribution in [1.29, 1.82) is 0 Å². The molecule has 3 N–H and O–H groups in total. The highest BCUT2D eigenvalue weighted by atomic mass is 35.5. The van der Waals surface area contributed by atoms with E-state index >= 15 is 0 Å². The summed E-state index contributed by atoms with van der Waals surface area (Å²) in [6, 6.07) is 16.2. The largest absolute Gasteiger partial charge is 0.449 e. The van der Waals surface area contributed by atoms with Gasteiger partial charge in [0.15, 0.2) is 5.16 Å². The van der Waals surface area contributed by atoms with Crippen molar-refractivity contribution >= 4 is 29.5 Å². The Morgan fingerprint density at radius 2 is 1.79 bits per heavy atom. The van der Waals surface area contributed by atoms with E-state index in [-0.39, 0.29) is 36.2 Å². The molecule has 9 heteroatoms. The summed E-state index contributed by atoms with van der Waals surface area (Å²) in [5.41, 5.74) is 4.83. The molecule has 0 spiro atoms. The molecule has 0 saturated heterocycles. The monoisotopic (exact) mass is 485 g/mol. The molecule has 33 heavy (non-hydrogen) atoms. The van der Waals surface area contributed by atoms with Gasteiger partial charge < -0.3 is 20.3 Å². The number of fused-ring (bicyclic) bond motifs is 3. The molecule has 2 aromatic carbocycles. The summed E-state index contributed by atoms with van der Waals surface area (Å²) < 4.78 is 5.47. The van der Waals surface area contributed by atoms with Gasteiger partial charge in [-0.05, 0) is 34.9 Å². The topological polar surface area (TPSA) is 105 Å². The van der Waals surface area contributed by atoms with Crippen LogP contribution in [0.1, 0.15) is 35.1 Å². The highest BCUT2D eigenvalue weighted by Gasteiger charge is 2.29. The van der Waals surface area contributed by atoms with Crippen molar-refractivity contribution in [3.8, 4) is 11.1 Å². The lowest BCUT2D eigenvalue weighted by Gasteiger charge is -2.19. The van der Waals surface area contributed by atoms with E-state index in [0.29, 0.717) is 5.16 Å². The number of aliphatic hydroxyl groups is 2. The van der Waals surface area contributed by atoms with Crippen LogP contribution in [0.5, 0.6) is 0 Å². The summed E-state index contributed by atoms with van der Waals surface area (Å²) >= 11 is 7.40. The molecule has 3 aromatic rings. The van der Waals surface area contributed by atoms with Crippen LogP contribution < -0.4 is 5.32 Å². The average molecular weight is 486 g/mol. The molecule has 7 nitrogen and oxygen atoms in total. The van der Waals surface area contributed by atoms with Gasteiger partial charge in [-0.1, -0.05) is 71.9 Å². The summed E-state index contributed by atoms with van der Waals surface area (Å²) in [7, 11) is 0. The second-order valence-corrected chi connectivity index (χ2v) is 8.79. The Balaban J connectivity index is 1.28. The molecular formula is C24H24ClN3O4S. The normalized spacial score (nSPS) is 14.3. The second-order valence-electron chi connectivity index (χ2n) is 7.66. The number of hydrogen-bond acceptors (Lipinski definition) is 7. The van der Waals surface area contributed by atoms with Gasteiger partial charge in [-0.2, -0.15) is 0 Å². The lowest BCUT2D eigenvalue weighted by atomic mass is 9.98. The number of rotatable bonds is 8. The van der Waals surface area contributed by atoms with Gasteiger partial charge in [0, 0.05) is 24.2 Å². The van der Waals surface area contributed by atoms with Gasteiger partial charge in [0.25, 0.3) is 0 Å². The minimum Gasteiger partial charge on any atom is -0.449 e. The van der Waals surface area contributed by atoms with Crippen LogP contribution in [0.4, 0.5) is 4.79 Å². The molecule has 1 heterocycles. The highest BCUT2D eigenvalue weighted by molar-refractivity contribution is 7.98. The Morgan fingerprint density at radius 3 is 2.39 bits per heavy atom. The molecule has 1 aromatic heterocycles. The third kappa shape index (κ3) is 5.14. The van der Waals surface area contributed by atoms with Crippen LogP contribution >= 0.6 is 23.4 Å². The third-order valence-electron chi connectivity index (χ3n) is 5.66. The SMILES string of the molecule is CSc1ncc(C(O)C(O)CCNC(=O)OCC2c3ccccc3-c3ccccc32)c(Cl)n1. The first-order valence-electron chi connectivity index (χ1n) is 10.5. The highest BCUT2D eigenvalue weighted by Crippen LogP contribution is 2.44. The quantitative estimate of drug-likeness (QED) is 0.250. The van der Waals surface area contributed by atoms with Gasteiger partial charge in [0.1, 0.15) is 17.9 Å². The number of carbonyl (C=O) groups excluding carboxylic acids is 1. The number of nitrogens with zero attached hydrogens (tertiary/aromatic N) is 2. The summed E-state index contributed by atoms with van der Waals surface area (Å²) in [6.45, 7) is 0.329. The average Bonchev–Trinajstić information content (AvgIpc) is 3.16. The molecule has 4 rings (SSSR count). The smallest absolute Gasteiger partial charge is 0.407 e. The molecule has 0 saturated carbocycles. The van der Waals surface area contributed by atoms with Crippen LogP contribution in [0.3, 0.4) is 0 Å². The van der Waals surface area contributed by atoms with E-state index in [1.165, 1.54) is 18.0 Å². The van der Waals surface area contributed by atoms with Gasteiger partial charge in [-0.3, -0.25) is 0 Å². The molecule has 1 aliphatic carbocycles. The molecule has 2 atom stereocenters. The molecule has 172 valence electrons. The molecule has 1 aliphatic rings. The summed E-state index contributed by atoms with van der Waals surface area (Å²) in [4.78, 5) is 20.4. The predicted octanol–water partition coefficient (Wildman–Crippen LogP) is 4.18. The van der Waals surface area contributed by atoms with Crippen LogP contribution in [0, 0.1) is 0 Å². The Labute approximate surface area is 201 Å². The number of alkyl carbamates (subject to hydrolysis) is 1. The molecule has 1 amide bonds. The fraction of sp³-hybridized carbons (Fsp3) is 0.292. The van der Waals surface area contributed by atoms with Crippen molar-refractivity contribution in [2.75, 3.05) is 19.4 Å². The van der Waals surface area contributed by atoms with Gasteiger partial charge in [0.05, 0.1) is 6.10 Å². The predicted molar refractivity (Wildman–Crippen MR) is 127 cm³/mol. The van der Waals surface area contributed by atoms with Crippen molar-refractivity contribution in [2.45, 2.75) is 29.7 Å². The number of aliphatic hydroxyl groups excluding tert-OH is 2. The number of hydrogen-bond donors (Lipinski definition) is 3. The first-order chi connectivity index (χ1) is 16.0. The van der Waals surface area contributed by atoms with Gasteiger partial charge in [0.2, 0.25) is 0 Å². The molecule has 0 aliphatic heterocycles. The molecule has 0 bridgehead atoms. The number of carbonyl (C=O) groups is 1. The fourth-order valence-corrected chi connectivity index (χ4v) is 4.62. The van der Waals surface area contributed by atoms with Crippen molar-refractivity contribution < 1.29 is 19.7 Å². The van der Waals surface area contributed by atoms with Gasteiger partial charge >= 0.3 is 6.09 Å². The summed E-state index contributed by atoms with van der Waals surface area (Å²) in [5.74, 6) is -0.0260. The lowest BCUT2D eigenvalue weighted by Crippen LogP contribution is -2.30. The standard InChI is InChI=1S/C24H24ClN3O4S/c1-33-23-27-12-18(22(25)28-23)21(30)20(29)10-11-26-24(31)32-13-19-16-8-4-2-6-14(16)15-7-3-5-9-17(15)19/h2-9,12,19-21,29-30H,10-11,13H2,1H3,(H,26,31). The van der Waals surface area contributed by atoms with Crippen LogP contribution in [-0.2, 0) is 4.74 Å². The van der Waals surface area contributed by atoms with Crippen LogP contribution in [0.2, 0.25) is 5.15 Å². The Hall–Kier alpha value is -2.65. The number of amides is 1. The Morgan fingerprint density at radius 1 is 1.15 bits per heavy atom. The molecular weight excluding hydrogens is 462 g/mol. The molecule has 0 fully saturated rings. The zero-order chi connectivity index (χ0) is 23.4. The minimum absolute atomic E-state index is 0.0260. The number of nitrogens with one attached hydrogen (secondary N) is 1. The number of benzene rings is 2. The van der Waals surface area contributed by atoms with E-state index in [0.717, 1.165) is 22.3 Å². The maximum absolute atomic E-state index is 12.2. The third-order valence-corrected chi connectivity index (χ3v) is 6.53. The van der Waals surface area contributed by atoms with Gasteiger partial charge in [-0.25, -0.2) is 14.8 Å². The first kappa shape index (κ1) is 23.5. The maximum atomic E-state index is 12.2. The number of ether oxygens (including phenoxy) is 1. The van der Waals surface area contributed by atoms with Crippen LogP contribution in [0.25, 0.3) is 11.1 Å². The number of aromatic nitrogens is 2. The van der Waals surface area contributed by atoms with Crippen LogP contribution in [-0.4, -0.2) is 51.8 Å².